The van der Waals surface area contributed by atoms with Gasteiger partial charge in [-0.25, -0.2) is 0 Å². The molecule has 0 aromatic rings. The molecule has 1 aliphatic rings. The zero-order valence-corrected chi connectivity index (χ0v) is 15.1. The minimum Gasteiger partial charge on any atom is -0.642 e. The van der Waals surface area contributed by atoms with Gasteiger partial charge in [0.2, 0.25) is 0 Å². The monoisotopic (exact) mass is 304 g/mol. The van der Waals surface area contributed by atoms with Crippen molar-refractivity contribution in [3.05, 3.63) is 27.6 Å². The zero-order chi connectivity index (χ0) is 9.57. The molecule has 16 heavy (non-hydrogen) atoms. The van der Waals surface area contributed by atoms with Crippen LogP contribution in [0.4, 0.5) is 0 Å². The van der Waals surface area contributed by atoms with E-state index in [1.807, 2.05) is 0 Å². The van der Waals surface area contributed by atoms with Gasteiger partial charge in [-0.2, -0.15) is 0 Å². The first-order chi connectivity index (χ1) is 5.22. The molecule has 0 aromatic heterocycles. The van der Waals surface area contributed by atoms with Crippen molar-refractivity contribution in [1.82, 2.24) is 4.90 Å². The topological polar surface area (TPSA) is 17.1 Å². The molecule has 1 fully saturated rings. The maximum absolute atomic E-state index is 4.69. The molecule has 0 bridgehead atoms. The first-order valence-electron chi connectivity index (χ1n) is 4.71. The van der Waals surface area contributed by atoms with E-state index < -0.39 is 0 Å². The fourth-order valence-electron chi connectivity index (χ4n) is 1.65. The van der Waals surface area contributed by atoms with E-state index in [4.69, 9.17) is 5.32 Å². The van der Waals surface area contributed by atoms with Crippen LogP contribution < -0.4 is 0 Å². The summed E-state index contributed by atoms with van der Waals surface area (Å²) in [6.07, 6.45) is 0.375. The minimum absolute atomic E-state index is 0. The summed E-state index contributed by atoms with van der Waals surface area (Å²) in [5, 5.41) is 4.69. The maximum atomic E-state index is 4.69. The molecule has 1 saturated heterocycles. The molecule has 0 N–H and O–H groups in total. The van der Waals surface area contributed by atoms with Gasteiger partial charge in [0.1, 0.15) is 0 Å². The summed E-state index contributed by atoms with van der Waals surface area (Å²) < 4.78 is 0. The Morgan fingerprint density at radius 2 is 1.44 bits per heavy atom. The summed E-state index contributed by atoms with van der Waals surface area (Å²) in [4.78, 5) is 2.41. The molecule has 0 spiro atoms. The summed E-state index contributed by atoms with van der Waals surface area (Å²) >= 11 is 0. The van der Waals surface area contributed by atoms with Crippen LogP contribution in [0.5, 0.6) is 0 Å². The smallest absolute Gasteiger partial charge is 0.0264 e. The van der Waals surface area contributed by atoms with E-state index >= 15 is 0 Å². The minimum atomic E-state index is 0. The Labute approximate surface area is 124 Å². The molecule has 2 atom stereocenters. The Morgan fingerprint density at radius 1 is 1.12 bits per heavy atom. The van der Waals surface area contributed by atoms with E-state index in [0.717, 1.165) is 0 Å². The number of hydrogen-bond acceptors (Lipinski definition) is 1. The summed E-state index contributed by atoms with van der Waals surface area (Å²) in [5.41, 5.74) is 0.492. The maximum Gasteiger partial charge on any atom is 0.0264 e. The van der Waals surface area contributed by atoms with Crippen molar-refractivity contribution in [2.45, 2.75) is 58.8 Å². The van der Waals surface area contributed by atoms with Gasteiger partial charge in [-0.3, -0.25) is 0 Å². The molecule has 3 heteroatoms. The van der Waals surface area contributed by atoms with Crippen LogP contribution in [0.3, 0.4) is 0 Å². The Bertz CT molecular complexity index is 173. The predicted octanol–water partition coefficient (Wildman–Crippen LogP) is 3.95. The SMILES string of the molecule is CC([N-]C(C)(C)C)N1CC1(C)C.[CH3-].[CH3-].[CH3-].[Zr]. The van der Waals surface area contributed by atoms with Crippen molar-refractivity contribution < 1.29 is 26.2 Å². The van der Waals surface area contributed by atoms with Crippen molar-refractivity contribution in [2.24, 2.45) is 0 Å². The molecule has 1 heterocycles. The normalized spacial score (nSPS) is 22.5. The Kier molecular flexibility index (Phi) is 12.8. The molecule has 1 aliphatic heterocycles. The molecule has 0 radical (unpaired) electrons. The quantitative estimate of drug-likeness (QED) is 0.558. The van der Waals surface area contributed by atoms with Crippen molar-refractivity contribution in [1.29, 1.82) is 0 Å². The second-order valence-electron chi connectivity index (χ2n) is 5.37. The fraction of sp³-hybridized carbons (Fsp3) is 0.769. The first-order valence-corrected chi connectivity index (χ1v) is 4.71. The first kappa shape index (κ1) is 25.6. The van der Waals surface area contributed by atoms with Crippen molar-refractivity contribution in [3.63, 3.8) is 0 Å². The van der Waals surface area contributed by atoms with Crippen LogP contribution in [0, 0.1) is 22.3 Å². The van der Waals surface area contributed by atoms with Gasteiger partial charge >= 0.3 is 0 Å². The number of nitrogens with zero attached hydrogens (tertiary/aromatic N) is 2. The zero-order valence-electron chi connectivity index (χ0n) is 12.7. The second-order valence-corrected chi connectivity index (χ2v) is 5.37. The van der Waals surface area contributed by atoms with Crippen molar-refractivity contribution in [3.8, 4) is 0 Å². The van der Waals surface area contributed by atoms with E-state index in [9.17, 15) is 0 Å². The second kappa shape index (κ2) is 8.00. The molecular weight excluding hydrogens is 275 g/mol. The van der Waals surface area contributed by atoms with Crippen LogP contribution in [0.2, 0.25) is 0 Å². The van der Waals surface area contributed by atoms with Gasteiger partial charge in [-0.05, 0) is 13.8 Å². The molecule has 0 aromatic carbocycles. The Morgan fingerprint density at radius 3 is 1.62 bits per heavy atom. The molecule has 0 amide bonds. The van der Waals surface area contributed by atoms with Gasteiger partial charge in [0.05, 0.1) is 0 Å². The number of rotatable bonds is 2. The predicted molar refractivity (Wildman–Crippen MR) is 72.6 cm³/mol. The molecule has 2 unspecified atom stereocenters. The third-order valence-corrected chi connectivity index (χ3v) is 2.26. The number of hydrogen-bond donors (Lipinski definition) is 0. The van der Waals surface area contributed by atoms with E-state index in [1.54, 1.807) is 0 Å². The van der Waals surface area contributed by atoms with E-state index in [2.05, 4.69) is 46.4 Å². The summed E-state index contributed by atoms with van der Waals surface area (Å²) in [6.45, 7) is 14.4. The van der Waals surface area contributed by atoms with E-state index in [1.165, 1.54) is 6.54 Å². The standard InChI is InChI=1S/C10H21N2.3CH3.Zr/c1-8(11-9(2,3)4)12-7-10(12,5)6;;;;/h8H,7H2,1-6H3;3*1H3;/q4*-1;. The van der Waals surface area contributed by atoms with Crippen LogP contribution in [0.15, 0.2) is 0 Å². The van der Waals surface area contributed by atoms with Crippen molar-refractivity contribution >= 4 is 0 Å². The summed E-state index contributed by atoms with van der Waals surface area (Å²) in [5.74, 6) is 0. The molecule has 0 aliphatic carbocycles. The van der Waals surface area contributed by atoms with Crippen LogP contribution in [0.25, 0.3) is 5.32 Å². The third kappa shape index (κ3) is 7.98. The summed E-state index contributed by atoms with van der Waals surface area (Å²) in [6, 6.07) is 0. The Hall–Kier alpha value is 0.803. The average molecular weight is 306 g/mol. The van der Waals surface area contributed by atoms with Crippen LogP contribution in [0.1, 0.15) is 41.5 Å². The van der Waals surface area contributed by atoms with Crippen LogP contribution in [-0.4, -0.2) is 28.7 Å². The average Bonchev–Trinajstić information content (AvgIpc) is 2.35. The molecule has 0 saturated carbocycles. The van der Waals surface area contributed by atoms with Gasteiger partial charge in [0.25, 0.3) is 0 Å². The Balaban J connectivity index is -0.000000180. The fourth-order valence-corrected chi connectivity index (χ4v) is 1.65. The van der Waals surface area contributed by atoms with Gasteiger partial charge in [-0.15, -0.1) is 5.54 Å². The molecular formula is C13H30N2Zr-4. The third-order valence-electron chi connectivity index (χ3n) is 2.26. The van der Waals surface area contributed by atoms with E-state index in [-0.39, 0.29) is 54.0 Å². The van der Waals surface area contributed by atoms with Gasteiger partial charge in [-0.1, -0.05) is 33.9 Å². The van der Waals surface area contributed by atoms with Crippen LogP contribution >= 0.6 is 0 Å². The molecule has 1 rings (SSSR count). The van der Waals surface area contributed by atoms with Crippen molar-refractivity contribution in [2.75, 3.05) is 6.54 Å². The molecule has 2 nitrogen and oxygen atoms in total. The van der Waals surface area contributed by atoms with Gasteiger partial charge in [0, 0.05) is 38.3 Å². The molecule has 100 valence electrons. The van der Waals surface area contributed by atoms with Crippen LogP contribution in [-0.2, 0) is 26.2 Å². The van der Waals surface area contributed by atoms with E-state index in [0.29, 0.717) is 11.7 Å². The van der Waals surface area contributed by atoms with Gasteiger partial charge < -0.3 is 32.5 Å². The summed E-state index contributed by atoms with van der Waals surface area (Å²) in [7, 11) is 0. The largest absolute Gasteiger partial charge is 0.642 e. The van der Waals surface area contributed by atoms with Gasteiger partial charge in [0.15, 0.2) is 0 Å².